The lowest BCUT2D eigenvalue weighted by atomic mass is 10.0. The Hall–Kier alpha value is -2.97. The van der Waals surface area contributed by atoms with Crippen LogP contribution >= 0.6 is 11.6 Å². The van der Waals surface area contributed by atoms with E-state index in [1.165, 1.54) is 0 Å². The number of amides is 1. The highest BCUT2D eigenvalue weighted by molar-refractivity contribution is 6.30. The van der Waals surface area contributed by atoms with E-state index in [1.54, 1.807) is 0 Å². The van der Waals surface area contributed by atoms with E-state index in [0.717, 1.165) is 40.5 Å². The number of rotatable bonds is 3. The van der Waals surface area contributed by atoms with Gasteiger partial charge in [-0.05, 0) is 32.4 Å². The number of benzene rings is 1. The van der Waals surface area contributed by atoms with Crippen molar-refractivity contribution in [2.45, 2.75) is 44.9 Å². The molecule has 0 radical (unpaired) electrons. The van der Waals surface area contributed by atoms with Gasteiger partial charge < -0.3 is 14.2 Å². The Balaban J connectivity index is 1.48. The molecule has 1 aromatic carbocycles. The number of fused-ring (bicyclic) bond motifs is 5. The monoisotopic (exact) mass is 464 g/mol. The molecule has 2 saturated heterocycles. The standard InChI is InChI=1S/C24H25ClN6O2/c1-13-22-20(11-29(13)3)31-14(2)27-28-24(31)19(26-23(22)15-4-6-16(25)7-5-15)9-21(32)30-10-18-8-17(30)12-33-18/h4-7,11,17-19H,8-10,12H2,1-3H3/t17-,18-,19-/m0/s1. The van der Waals surface area contributed by atoms with E-state index >= 15 is 0 Å². The molecule has 0 aliphatic carbocycles. The Labute approximate surface area is 196 Å². The first-order valence-corrected chi connectivity index (χ1v) is 11.6. The molecule has 9 heteroatoms. The third-order valence-corrected chi connectivity index (χ3v) is 7.33. The molecule has 0 unspecified atom stereocenters. The van der Waals surface area contributed by atoms with Crippen LogP contribution in [0.4, 0.5) is 0 Å². The van der Waals surface area contributed by atoms with Crippen molar-refractivity contribution in [1.29, 1.82) is 0 Å². The zero-order valence-corrected chi connectivity index (χ0v) is 19.6. The second kappa shape index (κ2) is 7.53. The SMILES string of the molecule is Cc1c2c(cn1C)-n1c(C)nnc1[C@H](CC(=O)N1C[C@@H]3C[C@H]1CO3)N=C2c1ccc(Cl)cc1. The highest BCUT2D eigenvalue weighted by atomic mass is 35.5. The fourth-order valence-corrected chi connectivity index (χ4v) is 5.42. The number of aliphatic imine (C=N–C) groups is 1. The lowest BCUT2D eigenvalue weighted by Crippen LogP contribution is -2.41. The van der Waals surface area contributed by atoms with E-state index in [9.17, 15) is 4.79 Å². The molecule has 2 bridgehead atoms. The summed E-state index contributed by atoms with van der Waals surface area (Å²) >= 11 is 6.17. The number of halogens is 1. The molecule has 1 amide bonds. The molecule has 3 aliphatic rings. The van der Waals surface area contributed by atoms with Gasteiger partial charge in [-0.1, -0.05) is 23.7 Å². The largest absolute Gasteiger partial charge is 0.374 e. The lowest BCUT2D eigenvalue weighted by molar-refractivity contribution is -0.136. The molecule has 0 spiro atoms. The lowest BCUT2D eigenvalue weighted by Gasteiger charge is -2.27. The van der Waals surface area contributed by atoms with Crippen molar-refractivity contribution in [2.24, 2.45) is 12.0 Å². The molecule has 3 aliphatic heterocycles. The summed E-state index contributed by atoms with van der Waals surface area (Å²) in [5.74, 6) is 1.55. The number of hydrogen-bond donors (Lipinski definition) is 0. The predicted octanol–water partition coefficient (Wildman–Crippen LogP) is 3.16. The van der Waals surface area contributed by atoms with Crippen molar-refractivity contribution in [3.05, 3.63) is 64.0 Å². The van der Waals surface area contributed by atoms with Crippen molar-refractivity contribution in [3.8, 4) is 5.69 Å². The summed E-state index contributed by atoms with van der Waals surface area (Å²) in [5.41, 5.74) is 4.88. The molecule has 5 heterocycles. The van der Waals surface area contributed by atoms with Gasteiger partial charge in [0.1, 0.15) is 11.9 Å². The van der Waals surface area contributed by atoms with Gasteiger partial charge in [0.05, 0.1) is 36.6 Å². The predicted molar refractivity (Wildman–Crippen MR) is 124 cm³/mol. The van der Waals surface area contributed by atoms with Gasteiger partial charge in [0.2, 0.25) is 5.91 Å². The zero-order chi connectivity index (χ0) is 22.9. The maximum atomic E-state index is 13.4. The van der Waals surface area contributed by atoms with Gasteiger partial charge in [0.15, 0.2) is 5.82 Å². The molecule has 3 atom stereocenters. The number of carbonyl (C=O) groups excluding carboxylic acids is 1. The van der Waals surface area contributed by atoms with Crippen LogP contribution in [0.3, 0.4) is 0 Å². The molecular weight excluding hydrogens is 440 g/mol. The minimum atomic E-state index is -0.443. The maximum Gasteiger partial charge on any atom is 0.225 e. The minimum Gasteiger partial charge on any atom is -0.374 e. The first-order chi connectivity index (χ1) is 15.9. The summed E-state index contributed by atoms with van der Waals surface area (Å²) in [6.45, 7) is 5.30. The van der Waals surface area contributed by atoms with E-state index in [2.05, 4.69) is 27.9 Å². The summed E-state index contributed by atoms with van der Waals surface area (Å²) in [5, 5.41) is 9.51. The van der Waals surface area contributed by atoms with Crippen LogP contribution < -0.4 is 0 Å². The molecule has 170 valence electrons. The normalized spacial score (nSPS) is 23.3. The third kappa shape index (κ3) is 3.23. The summed E-state index contributed by atoms with van der Waals surface area (Å²) in [7, 11) is 2.02. The number of morpholine rings is 1. The van der Waals surface area contributed by atoms with Crippen LogP contribution in [0.2, 0.25) is 5.02 Å². The number of nitrogens with zero attached hydrogens (tertiary/aromatic N) is 6. The van der Waals surface area contributed by atoms with Crippen LogP contribution in [0, 0.1) is 13.8 Å². The highest BCUT2D eigenvalue weighted by Gasteiger charge is 2.42. The van der Waals surface area contributed by atoms with Gasteiger partial charge >= 0.3 is 0 Å². The number of ether oxygens (including phenoxy) is 1. The van der Waals surface area contributed by atoms with Crippen molar-refractivity contribution in [1.82, 2.24) is 24.2 Å². The van der Waals surface area contributed by atoms with Gasteiger partial charge in [-0.2, -0.15) is 0 Å². The summed E-state index contributed by atoms with van der Waals surface area (Å²) in [6, 6.07) is 7.43. The first kappa shape index (κ1) is 20.6. The summed E-state index contributed by atoms with van der Waals surface area (Å²) in [4.78, 5) is 20.5. The van der Waals surface area contributed by atoms with E-state index in [0.29, 0.717) is 24.0 Å². The fraction of sp³-hybridized carbons (Fsp3) is 0.417. The number of aryl methyl sites for hydroxylation is 2. The topological polar surface area (TPSA) is 77.5 Å². The molecule has 6 rings (SSSR count). The number of aromatic nitrogens is 4. The Morgan fingerprint density at radius 3 is 2.70 bits per heavy atom. The molecule has 8 nitrogen and oxygen atoms in total. The second-order valence-electron chi connectivity index (χ2n) is 9.12. The van der Waals surface area contributed by atoms with Gasteiger partial charge in [0.25, 0.3) is 0 Å². The van der Waals surface area contributed by atoms with Gasteiger partial charge in [-0.15, -0.1) is 10.2 Å². The van der Waals surface area contributed by atoms with Crippen molar-refractivity contribution in [3.63, 3.8) is 0 Å². The van der Waals surface area contributed by atoms with Gasteiger partial charge in [-0.3, -0.25) is 14.4 Å². The van der Waals surface area contributed by atoms with Gasteiger partial charge in [-0.25, -0.2) is 0 Å². The first-order valence-electron chi connectivity index (χ1n) is 11.2. The van der Waals surface area contributed by atoms with Crippen LogP contribution in [0.5, 0.6) is 0 Å². The second-order valence-corrected chi connectivity index (χ2v) is 9.56. The van der Waals surface area contributed by atoms with Crippen LogP contribution in [-0.4, -0.2) is 61.1 Å². The average Bonchev–Trinajstić information content (AvgIpc) is 3.56. The number of likely N-dealkylation sites (tertiary alicyclic amines) is 1. The van der Waals surface area contributed by atoms with Crippen LogP contribution in [0.1, 0.15) is 47.4 Å². The molecule has 2 fully saturated rings. The van der Waals surface area contributed by atoms with Crippen LogP contribution in [-0.2, 0) is 16.6 Å². The van der Waals surface area contributed by atoms with E-state index < -0.39 is 6.04 Å². The van der Waals surface area contributed by atoms with Crippen molar-refractivity contribution < 1.29 is 9.53 Å². The quantitative estimate of drug-likeness (QED) is 0.596. The average molecular weight is 465 g/mol. The minimum absolute atomic E-state index is 0.0890. The van der Waals surface area contributed by atoms with Crippen molar-refractivity contribution in [2.75, 3.05) is 13.2 Å². The molecular formula is C24H25ClN6O2. The molecule has 3 aromatic rings. The van der Waals surface area contributed by atoms with E-state index in [4.69, 9.17) is 21.3 Å². The maximum absolute atomic E-state index is 13.4. The van der Waals surface area contributed by atoms with E-state index in [-0.39, 0.29) is 24.5 Å². The number of carbonyl (C=O) groups is 1. The van der Waals surface area contributed by atoms with E-state index in [1.807, 2.05) is 47.7 Å². The summed E-state index contributed by atoms with van der Waals surface area (Å²) < 4.78 is 9.82. The molecule has 0 N–H and O–H groups in total. The summed E-state index contributed by atoms with van der Waals surface area (Å²) in [6.07, 6.45) is 3.42. The highest BCUT2D eigenvalue weighted by Crippen LogP contribution is 2.36. The Morgan fingerprint density at radius 2 is 2.00 bits per heavy atom. The Morgan fingerprint density at radius 1 is 1.21 bits per heavy atom. The Bertz CT molecular complexity index is 1290. The molecule has 2 aromatic heterocycles. The van der Waals surface area contributed by atoms with Gasteiger partial charge in [0, 0.05) is 41.6 Å². The number of hydrogen-bond acceptors (Lipinski definition) is 5. The van der Waals surface area contributed by atoms with Crippen LogP contribution in [0.25, 0.3) is 5.69 Å². The van der Waals surface area contributed by atoms with Crippen molar-refractivity contribution >= 4 is 23.2 Å². The zero-order valence-electron chi connectivity index (χ0n) is 18.8. The Kier molecular flexibility index (Phi) is 4.71. The molecule has 0 saturated carbocycles. The smallest absolute Gasteiger partial charge is 0.225 e. The third-order valence-electron chi connectivity index (χ3n) is 7.08. The molecule has 33 heavy (non-hydrogen) atoms. The van der Waals surface area contributed by atoms with Crippen LogP contribution in [0.15, 0.2) is 35.5 Å². The fourth-order valence-electron chi connectivity index (χ4n) is 5.29.